The Morgan fingerprint density at radius 3 is 2.44 bits per heavy atom. The highest BCUT2D eigenvalue weighted by atomic mass is 127. The summed E-state index contributed by atoms with van der Waals surface area (Å²) in [5.74, 6) is 0.756. The maximum absolute atomic E-state index is 15.1. The highest BCUT2D eigenvalue weighted by Crippen LogP contribution is 2.34. The third kappa shape index (κ3) is 4.94. The zero-order valence-electron chi connectivity index (χ0n) is 16.4. The van der Waals surface area contributed by atoms with Gasteiger partial charge >= 0.3 is 5.56 Å². The Balaban J connectivity index is 1.81. The number of nitrogens with one attached hydrogen (secondary N) is 2. The van der Waals surface area contributed by atoms with Crippen LogP contribution in [0.2, 0.25) is 0 Å². The number of pyridine rings is 1. The fourth-order valence-corrected chi connectivity index (χ4v) is 4.69. The molecule has 2 aromatic carbocycles. The zero-order chi connectivity index (χ0) is 22.9. The average molecular weight is 567 g/mol. The van der Waals surface area contributed by atoms with E-state index in [0.717, 1.165) is 10.8 Å². The van der Waals surface area contributed by atoms with Gasteiger partial charge in [0.2, 0.25) is 15.8 Å². The van der Waals surface area contributed by atoms with Crippen LogP contribution in [0.3, 0.4) is 0 Å². The van der Waals surface area contributed by atoms with Gasteiger partial charge in [-0.3, -0.25) is 9.52 Å². The van der Waals surface area contributed by atoms with E-state index in [0.29, 0.717) is 22.0 Å². The molecule has 0 spiro atoms. The molecule has 3 aromatic rings. The molecule has 0 amide bonds. The molecule has 1 aromatic heterocycles. The molecule has 0 aliphatic heterocycles. The molecule has 0 bridgehead atoms. The van der Waals surface area contributed by atoms with Gasteiger partial charge in [-0.15, -0.1) is 0 Å². The standard InChI is InChI=1S/C22H16F2IN3O3S/c23-17-12-15(25)6-9-18(17)26-21-19(27-32(30,31)16-7-8-16)13-28(22(29)20(21)24)11-10-14-4-2-1-3-5-14/h1-6,9,12-13,16,26-27H,7-8H2. The second kappa shape index (κ2) is 8.91. The van der Waals surface area contributed by atoms with Gasteiger partial charge in [0.25, 0.3) is 0 Å². The molecule has 32 heavy (non-hydrogen) atoms. The van der Waals surface area contributed by atoms with Crippen LogP contribution in [0.25, 0.3) is 0 Å². The first-order valence-electron chi connectivity index (χ1n) is 9.50. The van der Waals surface area contributed by atoms with Crippen LogP contribution >= 0.6 is 22.6 Å². The molecule has 2 N–H and O–H groups in total. The zero-order valence-corrected chi connectivity index (χ0v) is 19.4. The Bertz CT molecular complexity index is 1410. The van der Waals surface area contributed by atoms with Crippen LogP contribution in [0.4, 0.5) is 25.8 Å². The van der Waals surface area contributed by atoms with Gasteiger partial charge in [-0.2, -0.15) is 4.39 Å². The summed E-state index contributed by atoms with van der Waals surface area (Å²) in [6.07, 6.45) is 2.06. The second-order valence-electron chi connectivity index (χ2n) is 7.11. The molecule has 4 rings (SSSR count). The Hall–Kier alpha value is -2.91. The summed E-state index contributed by atoms with van der Waals surface area (Å²) in [6.45, 7) is 0. The summed E-state index contributed by atoms with van der Waals surface area (Å²) >= 11 is 1.92. The number of nitrogens with zero attached hydrogens (tertiary/aromatic N) is 1. The molecule has 164 valence electrons. The smallest absolute Gasteiger partial charge is 0.300 e. The number of sulfonamides is 1. The monoisotopic (exact) mass is 567 g/mol. The maximum Gasteiger partial charge on any atom is 0.300 e. The lowest BCUT2D eigenvalue weighted by atomic mass is 10.2. The van der Waals surface area contributed by atoms with Crippen LogP contribution < -0.4 is 15.6 Å². The Morgan fingerprint density at radius 2 is 1.78 bits per heavy atom. The molecule has 0 unspecified atom stereocenters. The normalized spacial score (nSPS) is 13.2. The van der Waals surface area contributed by atoms with E-state index in [2.05, 4.69) is 22.0 Å². The van der Waals surface area contributed by atoms with Gasteiger partial charge < -0.3 is 5.32 Å². The van der Waals surface area contributed by atoms with Crippen molar-refractivity contribution in [2.45, 2.75) is 18.1 Å². The molecule has 0 saturated heterocycles. The van der Waals surface area contributed by atoms with Crippen LogP contribution in [0, 0.1) is 27.2 Å². The third-order valence-electron chi connectivity index (χ3n) is 4.65. The molecule has 6 nitrogen and oxygen atoms in total. The van der Waals surface area contributed by atoms with Crippen LogP contribution in [-0.2, 0) is 10.0 Å². The largest absolute Gasteiger partial charge is 0.349 e. The number of anilines is 3. The third-order valence-corrected chi connectivity index (χ3v) is 7.18. The van der Waals surface area contributed by atoms with Gasteiger partial charge in [-0.05, 0) is 71.7 Å². The van der Waals surface area contributed by atoms with Crippen molar-refractivity contribution in [3.63, 3.8) is 0 Å². The van der Waals surface area contributed by atoms with Crippen molar-refractivity contribution in [2.75, 3.05) is 10.0 Å². The van der Waals surface area contributed by atoms with E-state index >= 15 is 4.39 Å². The number of halogens is 3. The number of benzene rings is 2. The van der Waals surface area contributed by atoms with Gasteiger partial charge in [0, 0.05) is 21.4 Å². The predicted octanol–water partition coefficient (Wildman–Crippen LogP) is 4.24. The first-order chi connectivity index (χ1) is 15.2. The quantitative estimate of drug-likeness (QED) is 0.358. The second-order valence-corrected chi connectivity index (χ2v) is 10.3. The van der Waals surface area contributed by atoms with Crippen LogP contribution in [0.1, 0.15) is 18.4 Å². The molecule has 1 aliphatic rings. The summed E-state index contributed by atoms with van der Waals surface area (Å²) in [5, 5.41) is 1.92. The average Bonchev–Trinajstić information content (AvgIpc) is 3.60. The lowest BCUT2D eigenvalue weighted by Gasteiger charge is -2.16. The molecule has 1 saturated carbocycles. The number of rotatable bonds is 5. The highest BCUT2D eigenvalue weighted by Gasteiger charge is 2.36. The maximum atomic E-state index is 15.1. The summed E-state index contributed by atoms with van der Waals surface area (Å²) in [6, 6.07) is 15.4. The SMILES string of the molecule is O=c1c(F)c(Nc2ccc(I)cc2F)c(NS(=O)(=O)C2CC2)cn1C#Cc1ccccc1. The minimum Gasteiger partial charge on any atom is -0.349 e. The van der Waals surface area contributed by atoms with E-state index in [4.69, 9.17) is 0 Å². The Morgan fingerprint density at radius 1 is 1.06 bits per heavy atom. The topological polar surface area (TPSA) is 80.2 Å². The van der Waals surface area contributed by atoms with Crippen molar-refractivity contribution in [1.82, 2.24) is 4.57 Å². The van der Waals surface area contributed by atoms with Gasteiger partial charge in [0.05, 0.1) is 16.6 Å². The van der Waals surface area contributed by atoms with E-state index in [1.54, 1.807) is 36.4 Å². The molecule has 1 fully saturated rings. The fourth-order valence-electron chi connectivity index (χ4n) is 2.85. The van der Waals surface area contributed by atoms with E-state index < -0.39 is 38.2 Å². The van der Waals surface area contributed by atoms with Crippen LogP contribution in [-0.4, -0.2) is 18.2 Å². The highest BCUT2D eigenvalue weighted by molar-refractivity contribution is 14.1. The van der Waals surface area contributed by atoms with Crippen molar-refractivity contribution < 1.29 is 17.2 Å². The summed E-state index contributed by atoms with van der Waals surface area (Å²) in [4.78, 5) is 12.6. The molecular weight excluding hydrogens is 551 g/mol. The van der Waals surface area contributed by atoms with Crippen molar-refractivity contribution in [3.8, 4) is 12.0 Å². The minimum absolute atomic E-state index is 0.108. The molecule has 1 heterocycles. The van der Waals surface area contributed by atoms with Crippen LogP contribution in [0.15, 0.2) is 59.5 Å². The molecule has 1 aliphatic carbocycles. The van der Waals surface area contributed by atoms with E-state index in [1.165, 1.54) is 12.1 Å². The van der Waals surface area contributed by atoms with Crippen molar-refractivity contribution in [1.29, 1.82) is 0 Å². The summed E-state index contributed by atoms with van der Waals surface area (Å²) < 4.78 is 58.2. The lowest BCUT2D eigenvalue weighted by molar-refractivity contribution is 0.598. The van der Waals surface area contributed by atoms with E-state index in [-0.39, 0.29) is 11.4 Å². The van der Waals surface area contributed by atoms with Gasteiger partial charge in [0.15, 0.2) is 0 Å². The summed E-state index contributed by atoms with van der Waals surface area (Å²) in [7, 11) is -3.80. The van der Waals surface area contributed by atoms with Crippen molar-refractivity contribution in [3.05, 3.63) is 85.8 Å². The van der Waals surface area contributed by atoms with Gasteiger partial charge in [-0.25, -0.2) is 17.4 Å². The predicted molar refractivity (Wildman–Crippen MR) is 127 cm³/mol. The molecule has 10 heteroatoms. The number of aromatic nitrogens is 1. The van der Waals surface area contributed by atoms with Crippen molar-refractivity contribution in [2.24, 2.45) is 0 Å². The Labute approximate surface area is 196 Å². The first-order valence-corrected chi connectivity index (χ1v) is 12.1. The van der Waals surface area contributed by atoms with E-state index in [1.807, 2.05) is 22.6 Å². The molecular formula is C22H16F2IN3O3S. The molecule has 0 radical (unpaired) electrons. The van der Waals surface area contributed by atoms with Crippen molar-refractivity contribution >= 4 is 49.7 Å². The van der Waals surface area contributed by atoms with Gasteiger partial charge in [0.1, 0.15) is 11.5 Å². The summed E-state index contributed by atoms with van der Waals surface area (Å²) in [5.41, 5.74) is -1.34. The molecule has 0 atom stereocenters. The minimum atomic E-state index is -3.80. The number of hydrogen-bond donors (Lipinski definition) is 2. The van der Waals surface area contributed by atoms with Crippen LogP contribution in [0.5, 0.6) is 0 Å². The lowest BCUT2D eigenvalue weighted by Crippen LogP contribution is -2.25. The van der Waals surface area contributed by atoms with Gasteiger partial charge in [-0.1, -0.05) is 18.2 Å². The fraction of sp³-hybridized carbons (Fsp3) is 0.136. The van der Waals surface area contributed by atoms with E-state index in [9.17, 15) is 17.6 Å². The Kier molecular flexibility index (Phi) is 6.21. The number of hydrogen-bond acceptors (Lipinski definition) is 4. The first kappa shape index (κ1) is 22.3.